The molecule has 102 valence electrons. The van der Waals surface area contributed by atoms with E-state index in [1.54, 1.807) is 12.2 Å². The van der Waals surface area contributed by atoms with Crippen molar-refractivity contribution in [3.63, 3.8) is 0 Å². The lowest BCUT2D eigenvalue weighted by Gasteiger charge is -2.21. The van der Waals surface area contributed by atoms with Gasteiger partial charge in [0.25, 0.3) is 0 Å². The van der Waals surface area contributed by atoms with E-state index in [1.807, 2.05) is 60.7 Å². The summed E-state index contributed by atoms with van der Waals surface area (Å²) in [6.07, 6.45) is 4.71. The lowest BCUT2D eigenvalue weighted by molar-refractivity contribution is -0.131. The van der Waals surface area contributed by atoms with Crippen molar-refractivity contribution in [2.45, 2.75) is 5.92 Å². The number of carbonyl (C=O) groups is 2. The molecule has 2 aromatic carbocycles. The summed E-state index contributed by atoms with van der Waals surface area (Å²) in [6.45, 7) is 0. The van der Waals surface area contributed by atoms with Gasteiger partial charge in [-0.1, -0.05) is 72.8 Å². The highest BCUT2D eigenvalue weighted by molar-refractivity contribution is 6.48. The monoisotopic (exact) mass is 274 g/mol. The van der Waals surface area contributed by atoms with Gasteiger partial charge in [0.2, 0.25) is 11.6 Å². The zero-order valence-electron chi connectivity index (χ0n) is 11.4. The Kier molecular flexibility index (Phi) is 3.61. The molecule has 0 aromatic heterocycles. The minimum absolute atomic E-state index is 0.214. The third kappa shape index (κ3) is 2.61. The van der Waals surface area contributed by atoms with Gasteiger partial charge in [-0.3, -0.25) is 9.59 Å². The topological polar surface area (TPSA) is 34.1 Å². The molecular formula is C19H14O2. The minimum Gasteiger partial charge on any atom is -0.286 e. The van der Waals surface area contributed by atoms with Crippen LogP contribution in [0.5, 0.6) is 0 Å². The van der Waals surface area contributed by atoms with Gasteiger partial charge in [-0.15, -0.1) is 0 Å². The number of carbonyl (C=O) groups excluding carboxylic acids is 2. The van der Waals surface area contributed by atoms with Crippen molar-refractivity contribution in [2.75, 3.05) is 0 Å². The van der Waals surface area contributed by atoms with Crippen LogP contribution in [0.25, 0.3) is 0 Å². The first-order valence-electron chi connectivity index (χ1n) is 6.84. The van der Waals surface area contributed by atoms with Gasteiger partial charge in [0.05, 0.1) is 0 Å². The highest BCUT2D eigenvalue weighted by Gasteiger charge is 2.28. The fourth-order valence-corrected chi connectivity index (χ4v) is 2.60. The number of Topliss-reactive ketones (excluding diaryl/α,β-unsaturated/α-hetero) is 1. The van der Waals surface area contributed by atoms with Crippen LogP contribution in [0.15, 0.2) is 84.5 Å². The smallest absolute Gasteiger partial charge is 0.229 e. The largest absolute Gasteiger partial charge is 0.286 e. The van der Waals surface area contributed by atoms with E-state index in [0.717, 1.165) is 11.1 Å². The first kappa shape index (κ1) is 13.3. The van der Waals surface area contributed by atoms with Gasteiger partial charge in [-0.05, 0) is 17.2 Å². The van der Waals surface area contributed by atoms with Crippen molar-refractivity contribution in [2.24, 2.45) is 0 Å². The second-order valence-corrected chi connectivity index (χ2v) is 4.93. The van der Waals surface area contributed by atoms with Gasteiger partial charge >= 0.3 is 0 Å². The van der Waals surface area contributed by atoms with Crippen molar-refractivity contribution in [1.82, 2.24) is 0 Å². The normalized spacial score (nSPS) is 14.4. The SMILES string of the molecule is O=C1C=CC=C(C(c2ccccc2)c2ccccc2)C1=O. The van der Waals surface area contributed by atoms with Crippen LogP contribution in [-0.4, -0.2) is 11.6 Å². The van der Waals surface area contributed by atoms with Gasteiger partial charge in [0.1, 0.15) is 0 Å². The molecule has 21 heavy (non-hydrogen) atoms. The molecule has 1 aliphatic carbocycles. The first-order valence-corrected chi connectivity index (χ1v) is 6.84. The summed E-state index contributed by atoms with van der Waals surface area (Å²) in [7, 11) is 0. The molecule has 0 N–H and O–H groups in total. The number of benzene rings is 2. The molecule has 0 atom stereocenters. The Morgan fingerprint density at radius 1 is 0.714 bits per heavy atom. The zero-order chi connectivity index (χ0) is 14.7. The van der Waals surface area contributed by atoms with Crippen LogP contribution in [0.1, 0.15) is 17.0 Å². The Morgan fingerprint density at radius 2 is 1.24 bits per heavy atom. The lowest BCUT2D eigenvalue weighted by Crippen LogP contribution is -2.21. The number of ketones is 2. The van der Waals surface area contributed by atoms with E-state index in [9.17, 15) is 9.59 Å². The number of hydrogen-bond donors (Lipinski definition) is 0. The number of allylic oxidation sites excluding steroid dienone is 4. The van der Waals surface area contributed by atoms with Crippen LogP contribution in [-0.2, 0) is 9.59 Å². The molecule has 0 spiro atoms. The second-order valence-electron chi connectivity index (χ2n) is 4.93. The molecule has 2 aromatic rings. The molecule has 2 heteroatoms. The van der Waals surface area contributed by atoms with E-state index in [4.69, 9.17) is 0 Å². The predicted molar refractivity (Wildman–Crippen MR) is 82.0 cm³/mol. The molecule has 0 bridgehead atoms. The fourth-order valence-electron chi connectivity index (χ4n) is 2.60. The van der Waals surface area contributed by atoms with Crippen molar-refractivity contribution < 1.29 is 9.59 Å². The minimum atomic E-state index is -0.454. The standard InChI is InChI=1S/C19H14O2/c20-17-13-7-12-16(19(17)21)18(14-8-3-1-4-9-14)15-10-5-2-6-11-15/h1-13,18H. The van der Waals surface area contributed by atoms with Gasteiger partial charge in [-0.2, -0.15) is 0 Å². The summed E-state index contributed by atoms with van der Waals surface area (Å²) in [5.74, 6) is -1.09. The van der Waals surface area contributed by atoms with Gasteiger partial charge in [-0.25, -0.2) is 0 Å². The van der Waals surface area contributed by atoms with E-state index in [0.29, 0.717) is 5.57 Å². The maximum absolute atomic E-state index is 12.2. The Bertz CT molecular complexity index is 685. The molecule has 0 saturated carbocycles. The van der Waals surface area contributed by atoms with Gasteiger partial charge < -0.3 is 0 Å². The van der Waals surface area contributed by atoms with E-state index < -0.39 is 11.6 Å². The van der Waals surface area contributed by atoms with E-state index in [1.165, 1.54) is 6.08 Å². The molecule has 0 amide bonds. The molecule has 3 rings (SSSR count). The molecule has 2 nitrogen and oxygen atoms in total. The highest BCUT2D eigenvalue weighted by atomic mass is 16.2. The van der Waals surface area contributed by atoms with Gasteiger partial charge in [0.15, 0.2) is 0 Å². The average molecular weight is 274 g/mol. The Labute approximate surface area is 123 Å². The molecule has 0 aliphatic heterocycles. The quantitative estimate of drug-likeness (QED) is 0.634. The first-order chi connectivity index (χ1) is 10.3. The van der Waals surface area contributed by atoms with Crippen LogP contribution in [0.4, 0.5) is 0 Å². The number of hydrogen-bond acceptors (Lipinski definition) is 2. The maximum atomic E-state index is 12.2. The molecule has 0 saturated heterocycles. The molecule has 0 fully saturated rings. The van der Waals surface area contributed by atoms with Crippen LogP contribution < -0.4 is 0 Å². The Morgan fingerprint density at radius 3 is 1.76 bits per heavy atom. The Balaban J connectivity index is 2.14. The summed E-state index contributed by atoms with van der Waals surface area (Å²) < 4.78 is 0. The van der Waals surface area contributed by atoms with Crippen LogP contribution in [0.3, 0.4) is 0 Å². The van der Waals surface area contributed by atoms with Crippen molar-refractivity contribution in [1.29, 1.82) is 0 Å². The Hall–Kier alpha value is -2.74. The summed E-state index contributed by atoms with van der Waals surface area (Å²) >= 11 is 0. The average Bonchev–Trinajstić information content (AvgIpc) is 2.54. The summed E-state index contributed by atoms with van der Waals surface area (Å²) in [5.41, 5.74) is 2.54. The van der Waals surface area contributed by atoms with Crippen LogP contribution in [0.2, 0.25) is 0 Å². The summed E-state index contributed by atoms with van der Waals surface area (Å²) in [6, 6.07) is 19.6. The summed E-state index contributed by atoms with van der Waals surface area (Å²) in [4.78, 5) is 23.9. The summed E-state index contributed by atoms with van der Waals surface area (Å²) in [5, 5.41) is 0. The third-order valence-corrected chi connectivity index (χ3v) is 3.59. The highest BCUT2D eigenvalue weighted by Crippen LogP contribution is 2.33. The number of rotatable bonds is 3. The molecule has 0 unspecified atom stereocenters. The van der Waals surface area contributed by atoms with Crippen molar-refractivity contribution in [3.05, 3.63) is 95.6 Å². The van der Waals surface area contributed by atoms with E-state index in [2.05, 4.69) is 0 Å². The van der Waals surface area contributed by atoms with Crippen LogP contribution >= 0.6 is 0 Å². The van der Waals surface area contributed by atoms with Gasteiger partial charge in [0, 0.05) is 11.5 Å². The predicted octanol–water partition coefficient (Wildman–Crippen LogP) is 3.45. The lowest BCUT2D eigenvalue weighted by atomic mass is 9.80. The van der Waals surface area contributed by atoms with Crippen LogP contribution in [0, 0.1) is 0 Å². The molecule has 0 radical (unpaired) electrons. The maximum Gasteiger partial charge on any atom is 0.229 e. The van der Waals surface area contributed by atoms with E-state index in [-0.39, 0.29) is 5.92 Å². The molecule has 1 aliphatic rings. The fraction of sp³-hybridized carbons (Fsp3) is 0.0526. The second kappa shape index (κ2) is 5.71. The molecule has 0 heterocycles. The van der Waals surface area contributed by atoms with Crippen molar-refractivity contribution in [3.8, 4) is 0 Å². The van der Waals surface area contributed by atoms with E-state index >= 15 is 0 Å². The third-order valence-electron chi connectivity index (χ3n) is 3.59. The molecular weight excluding hydrogens is 260 g/mol. The van der Waals surface area contributed by atoms with Crippen molar-refractivity contribution >= 4 is 11.6 Å². The zero-order valence-corrected chi connectivity index (χ0v) is 11.4.